The number of nitrogens with zero attached hydrogens (tertiary/aromatic N) is 2. The highest BCUT2D eigenvalue weighted by Gasteiger charge is 2.36. The number of carbonyl (C=O) groups is 3. The first-order valence-electron chi connectivity index (χ1n) is 9.64. The molecule has 2 aromatic carbocycles. The van der Waals surface area contributed by atoms with Crippen LogP contribution in [-0.2, 0) is 17.9 Å². The van der Waals surface area contributed by atoms with Gasteiger partial charge < -0.3 is 9.15 Å². The monoisotopic (exact) mass is 412 g/mol. The van der Waals surface area contributed by atoms with E-state index in [1.807, 2.05) is 30.3 Å². The van der Waals surface area contributed by atoms with Gasteiger partial charge in [0.15, 0.2) is 0 Å². The number of hydrogen-bond donors (Lipinski definition) is 0. The maximum atomic E-state index is 12.7. The van der Waals surface area contributed by atoms with Crippen LogP contribution in [0, 0.1) is 0 Å². The lowest BCUT2D eigenvalue weighted by atomic mass is 10.1. The Morgan fingerprint density at radius 3 is 2.61 bits per heavy atom. The zero-order chi connectivity index (χ0) is 21.4. The molecule has 2 aromatic heterocycles. The first-order valence-corrected chi connectivity index (χ1v) is 9.64. The molecule has 5 rings (SSSR count). The fourth-order valence-corrected chi connectivity index (χ4v) is 3.53. The Hall–Kier alpha value is -4.26. The Bertz CT molecular complexity index is 1330. The van der Waals surface area contributed by atoms with Crippen LogP contribution in [0.2, 0.25) is 0 Å². The van der Waals surface area contributed by atoms with Gasteiger partial charge >= 0.3 is 5.97 Å². The van der Waals surface area contributed by atoms with Gasteiger partial charge in [-0.05, 0) is 42.5 Å². The summed E-state index contributed by atoms with van der Waals surface area (Å²) in [5, 5.41) is 0.999. The molecular formula is C24H16N2O5. The van der Waals surface area contributed by atoms with E-state index in [1.54, 1.807) is 18.2 Å². The SMILES string of the molecule is O=C(OCc1ccc2ccccc2n1)c1ccc2c(c1)C(=O)N(Cc1ccco1)C2=O. The maximum absolute atomic E-state index is 12.7. The number of hydrogen-bond acceptors (Lipinski definition) is 6. The molecule has 0 fully saturated rings. The molecule has 0 bridgehead atoms. The highest BCUT2D eigenvalue weighted by atomic mass is 16.5. The third-order valence-corrected chi connectivity index (χ3v) is 5.11. The molecule has 0 atom stereocenters. The van der Waals surface area contributed by atoms with Crippen molar-refractivity contribution < 1.29 is 23.5 Å². The number of carbonyl (C=O) groups excluding carboxylic acids is 3. The van der Waals surface area contributed by atoms with Crippen molar-refractivity contribution >= 4 is 28.7 Å². The minimum Gasteiger partial charge on any atom is -0.467 e. The number of esters is 1. The maximum Gasteiger partial charge on any atom is 0.338 e. The van der Waals surface area contributed by atoms with E-state index >= 15 is 0 Å². The van der Waals surface area contributed by atoms with E-state index in [2.05, 4.69) is 4.98 Å². The lowest BCUT2D eigenvalue weighted by molar-refractivity contribution is 0.0467. The van der Waals surface area contributed by atoms with Crippen LogP contribution in [0.15, 0.2) is 77.4 Å². The van der Waals surface area contributed by atoms with Crippen molar-refractivity contribution in [2.75, 3.05) is 0 Å². The smallest absolute Gasteiger partial charge is 0.338 e. The molecule has 0 N–H and O–H groups in total. The molecular weight excluding hydrogens is 396 g/mol. The van der Waals surface area contributed by atoms with Crippen molar-refractivity contribution in [3.8, 4) is 0 Å². The average molecular weight is 412 g/mol. The summed E-state index contributed by atoms with van der Waals surface area (Å²) in [6, 6.07) is 19.1. The van der Waals surface area contributed by atoms with Gasteiger partial charge in [-0.3, -0.25) is 14.5 Å². The van der Waals surface area contributed by atoms with Crippen LogP contribution in [-0.4, -0.2) is 27.7 Å². The molecule has 2 amide bonds. The van der Waals surface area contributed by atoms with Crippen molar-refractivity contribution in [1.82, 2.24) is 9.88 Å². The standard InChI is InChI=1S/C24H16N2O5/c27-22-19-10-8-16(12-20(19)23(28)26(22)13-18-5-3-11-30-18)24(29)31-14-17-9-7-15-4-1-2-6-21(15)25-17/h1-12H,13-14H2. The number of imide groups is 1. The summed E-state index contributed by atoms with van der Waals surface area (Å²) < 4.78 is 10.6. The van der Waals surface area contributed by atoms with Crippen molar-refractivity contribution in [3.63, 3.8) is 0 Å². The van der Waals surface area contributed by atoms with E-state index in [1.165, 1.54) is 24.5 Å². The van der Waals surface area contributed by atoms with E-state index in [0.29, 0.717) is 11.5 Å². The largest absolute Gasteiger partial charge is 0.467 e. The molecule has 7 nitrogen and oxygen atoms in total. The zero-order valence-electron chi connectivity index (χ0n) is 16.3. The number of rotatable bonds is 5. The number of pyridine rings is 1. The van der Waals surface area contributed by atoms with E-state index < -0.39 is 17.8 Å². The Balaban J connectivity index is 1.31. The second-order valence-electron chi connectivity index (χ2n) is 7.11. The predicted molar refractivity (Wildman–Crippen MR) is 110 cm³/mol. The molecule has 0 saturated carbocycles. The second-order valence-corrected chi connectivity index (χ2v) is 7.11. The van der Waals surface area contributed by atoms with E-state index in [-0.39, 0.29) is 29.8 Å². The normalized spacial score (nSPS) is 13.0. The van der Waals surface area contributed by atoms with Gasteiger partial charge in [-0.15, -0.1) is 0 Å². The van der Waals surface area contributed by atoms with Gasteiger partial charge in [-0.25, -0.2) is 9.78 Å². The molecule has 3 heterocycles. The van der Waals surface area contributed by atoms with E-state index in [9.17, 15) is 14.4 Å². The van der Waals surface area contributed by atoms with Gasteiger partial charge in [-0.1, -0.05) is 24.3 Å². The number of benzene rings is 2. The van der Waals surface area contributed by atoms with Crippen LogP contribution >= 0.6 is 0 Å². The predicted octanol–water partition coefficient (Wildman–Crippen LogP) is 3.98. The summed E-state index contributed by atoms with van der Waals surface area (Å²) in [6.45, 7) is 0.0327. The fraction of sp³-hybridized carbons (Fsp3) is 0.0833. The summed E-state index contributed by atoms with van der Waals surface area (Å²) >= 11 is 0. The van der Waals surface area contributed by atoms with Crippen LogP contribution in [0.4, 0.5) is 0 Å². The second kappa shape index (κ2) is 7.53. The molecule has 0 unspecified atom stereocenters. The van der Waals surface area contributed by atoms with Crippen molar-refractivity contribution in [1.29, 1.82) is 0 Å². The van der Waals surface area contributed by atoms with Gasteiger partial charge in [0.25, 0.3) is 11.8 Å². The van der Waals surface area contributed by atoms with Gasteiger partial charge in [0, 0.05) is 5.39 Å². The van der Waals surface area contributed by atoms with Crippen molar-refractivity contribution in [3.05, 3.63) is 101 Å². The molecule has 1 aliphatic rings. The van der Waals surface area contributed by atoms with Crippen LogP contribution in [0.1, 0.15) is 42.5 Å². The lowest BCUT2D eigenvalue weighted by Crippen LogP contribution is -2.28. The number of furan rings is 1. The molecule has 0 spiro atoms. The number of fused-ring (bicyclic) bond motifs is 2. The number of amides is 2. The highest BCUT2D eigenvalue weighted by Crippen LogP contribution is 2.26. The van der Waals surface area contributed by atoms with Gasteiger partial charge in [0.05, 0.1) is 40.7 Å². The molecule has 31 heavy (non-hydrogen) atoms. The fourth-order valence-electron chi connectivity index (χ4n) is 3.53. The Morgan fingerprint density at radius 1 is 0.935 bits per heavy atom. The minimum absolute atomic E-state index is 0.00174. The molecule has 0 saturated heterocycles. The van der Waals surface area contributed by atoms with Crippen LogP contribution in [0.5, 0.6) is 0 Å². The van der Waals surface area contributed by atoms with Crippen molar-refractivity contribution in [2.45, 2.75) is 13.2 Å². The Labute approximate surface area is 176 Å². The first kappa shape index (κ1) is 18.7. The number of ether oxygens (including phenoxy) is 1. The minimum atomic E-state index is -0.595. The van der Waals surface area contributed by atoms with Crippen LogP contribution in [0.3, 0.4) is 0 Å². The van der Waals surface area contributed by atoms with Gasteiger partial charge in [0.2, 0.25) is 0 Å². The lowest BCUT2D eigenvalue weighted by Gasteiger charge is -2.11. The van der Waals surface area contributed by atoms with Gasteiger partial charge in [0.1, 0.15) is 12.4 Å². The topological polar surface area (TPSA) is 89.7 Å². The molecule has 1 aliphatic heterocycles. The summed E-state index contributed by atoms with van der Waals surface area (Å²) in [4.78, 5) is 43.4. The zero-order valence-corrected chi connectivity index (χ0v) is 16.3. The summed E-state index contributed by atoms with van der Waals surface area (Å²) in [7, 11) is 0. The highest BCUT2D eigenvalue weighted by molar-refractivity contribution is 6.21. The molecule has 4 aromatic rings. The average Bonchev–Trinajstić information content (AvgIpc) is 3.40. The Morgan fingerprint density at radius 2 is 1.77 bits per heavy atom. The molecule has 152 valence electrons. The summed E-state index contributed by atoms with van der Waals surface area (Å²) in [5.41, 5.74) is 2.05. The number of para-hydroxylation sites is 1. The van der Waals surface area contributed by atoms with Crippen LogP contribution in [0.25, 0.3) is 10.9 Å². The number of aromatic nitrogens is 1. The Kier molecular flexibility index (Phi) is 4.55. The molecule has 0 radical (unpaired) electrons. The molecule has 7 heteroatoms. The van der Waals surface area contributed by atoms with Crippen LogP contribution < -0.4 is 0 Å². The van der Waals surface area contributed by atoms with Crippen molar-refractivity contribution in [2.24, 2.45) is 0 Å². The summed E-state index contributed by atoms with van der Waals surface area (Å²) in [5.74, 6) is -0.988. The van der Waals surface area contributed by atoms with Gasteiger partial charge in [-0.2, -0.15) is 0 Å². The van der Waals surface area contributed by atoms with E-state index in [0.717, 1.165) is 15.8 Å². The summed E-state index contributed by atoms with van der Waals surface area (Å²) in [6.07, 6.45) is 1.48. The third-order valence-electron chi connectivity index (χ3n) is 5.11. The van der Waals surface area contributed by atoms with E-state index in [4.69, 9.17) is 9.15 Å². The molecule has 0 aliphatic carbocycles. The third kappa shape index (κ3) is 3.46. The quantitative estimate of drug-likeness (QED) is 0.364. The first-order chi connectivity index (χ1) is 15.1.